The van der Waals surface area contributed by atoms with Gasteiger partial charge in [-0.25, -0.2) is 0 Å². The third kappa shape index (κ3) is 4.03. The summed E-state index contributed by atoms with van der Waals surface area (Å²) in [7, 11) is 5.20. The number of para-hydroxylation sites is 1. The Morgan fingerprint density at radius 1 is 1.40 bits per heavy atom. The highest BCUT2D eigenvalue weighted by molar-refractivity contribution is 5.83. The SMILES string of the molecule is COC[C@]1(CC(=O)N(C)C)CN(Cc2c[nH]c3ccccc23)CCO1. The maximum absolute atomic E-state index is 12.3. The summed E-state index contributed by atoms with van der Waals surface area (Å²) in [6.07, 6.45) is 2.40. The van der Waals surface area contributed by atoms with Crippen LogP contribution in [-0.4, -0.2) is 73.8 Å². The van der Waals surface area contributed by atoms with Gasteiger partial charge in [0.25, 0.3) is 0 Å². The molecule has 1 atom stereocenters. The van der Waals surface area contributed by atoms with E-state index >= 15 is 0 Å². The number of carbonyl (C=O) groups excluding carboxylic acids is 1. The Hall–Kier alpha value is -1.89. The van der Waals surface area contributed by atoms with Gasteiger partial charge in [0.2, 0.25) is 5.91 Å². The first kappa shape index (κ1) is 17.9. The molecule has 25 heavy (non-hydrogen) atoms. The molecule has 1 aromatic heterocycles. The number of nitrogens with one attached hydrogen (secondary N) is 1. The van der Waals surface area contributed by atoms with Crippen molar-refractivity contribution >= 4 is 16.8 Å². The molecule has 6 nitrogen and oxygen atoms in total. The van der Waals surface area contributed by atoms with Gasteiger partial charge in [0, 0.05) is 57.9 Å². The van der Waals surface area contributed by atoms with Crippen LogP contribution in [0.3, 0.4) is 0 Å². The van der Waals surface area contributed by atoms with Crippen LogP contribution < -0.4 is 0 Å². The molecule has 2 aromatic rings. The molecule has 0 radical (unpaired) electrons. The molecule has 1 aromatic carbocycles. The number of benzene rings is 1. The highest BCUT2D eigenvalue weighted by atomic mass is 16.5. The minimum atomic E-state index is -0.583. The summed E-state index contributed by atoms with van der Waals surface area (Å²) < 4.78 is 11.4. The van der Waals surface area contributed by atoms with Crippen LogP contribution in [0.15, 0.2) is 30.5 Å². The van der Waals surface area contributed by atoms with E-state index in [-0.39, 0.29) is 5.91 Å². The normalized spacial score (nSPS) is 21.6. The van der Waals surface area contributed by atoms with Crippen molar-refractivity contribution < 1.29 is 14.3 Å². The Bertz CT molecular complexity index is 724. The topological polar surface area (TPSA) is 57.8 Å². The number of hydrogen-bond acceptors (Lipinski definition) is 4. The second-order valence-electron chi connectivity index (χ2n) is 7.00. The molecule has 2 heterocycles. The van der Waals surface area contributed by atoms with Crippen molar-refractivity contribution in [3.05, 3.63) is 36.0 Å². The molecular formula is C19H27N3O3. The first-order chi connectivity index (χ1) is 12.0. The van der Waals surface area contributed by atoms with Gasteiger partial charge in [-0.15, -0.1) is 0 Å². The van der Waals surface area contributed by atoms with Crippen LogP contribution in [0, 0.1) is 0 Å². The van der Waals surface area contributed by atoms with Crippen LogP contribution in [-0.2, 0) is 20.8 Å². The highest BCUT2D eigenvalue weighted by Crippen LogP contribution is 2.26. The first-order valence-corrected chi connectivity index (χ1v) is 8.63. The van der Waals surface area contributed by atoms with E-state index in [0.29, 0.717) is 26.2 Å². The van der Waals surface area contributed by atoms with Gasteiger partial charge < -0.3 is 19.4 Å². The van der Waals surface area contributed by atoms with Crippen molar-refractivity contribution in [1.82, 2.24) is 14.8 Å². The van der Waals surface area contributed by atoms with Crippen LogP contribution in [0.1, 0.15) is 12.0 Å². The van der Waals surface area contributed by atoms with Crippen molar-refractivity contribution in [2.45, 2.75) is 18.6 Å². The first-order valence-electron chi connectivity index (χ1n) is 8.63. The number of aromatic amines is 1. The fraction of sp³-hybridized carbons (Fsp3) is 0.526. The Kier molecular flexibility index (Phi) is 5.42. The largest absolute Gasteiger partial charge is 0.382 e. The number of H-pyrrole nitrogens is 1. The zero-order chi connectivity index (χ0) is 17.9. The van der Waals surface area contributed by atoms with E-state index in [1.165, 1.54) is 10.9 Å². The van der Waals surface area contributed by atoms with Crippen LogP contribution in [0.25, 0.3) is 10.9 Å². The number of methoxy groups -OCH3 is 1. The van der Waals surface area contributed by atoms with E-state index in [9.17, 15) is 4.79 Å². The number of rotatable bonds is 6. The number of carbonyl (C=O) groups is 1. The summed E-state index contributed by atoms with van der Waals surface area (Å²) in [5, 5.41) is 1.25. The number of amides is 1. The molecule has 1 saturated heterocycles. The summed E-state index contributed by atoms with van der Waals surface area (Å²) in [5.41, 5.74) is 1.83. The standard InChI is InChI=1S/C19H27N3O3/c1-21(2)18(23)10-19(14-24-3)13-22(8-9-25-19)12-15-11-20-17-7-5-4-6-16(15)17/h4-7,11,20H,8-10,12-14H2,1-3H3/t19-/m0/s1. The number of fused-ring (bicyclic) bond motifs is 1. The number of aromatic nitrogens is 1. The van der Waals surface area contributed by atoms with Crippen LogP contribution in [0.4, 0.5) is 0 Å². The van der Waals surface area contributed by atoms with Gasteiger partial charge in [0.05, 0.1) is 19.6 Å². The minimum Gasteiger partial charge on any atom is -0.382 e. The molecule has 1 aliphatic heterocycles. The molecule has 1 fully saturated rings. The second-order valence-corrected chi connectivity index (χ2v) is 7.00. The van der Waals surface area contributed by atoms with Crippen molar-refractivity contribution in [1.29, 1.82) is 0 Å². The summed E-state index contributed by atoms with van der Waals surface area (Å²) in [6, 6.07) is 8.32. The van der Waals surface area contributed by atoms with Crippen LogP contribution in [0.5, 0.6) is 0 Å². The predicted molar refractivity (Wildman–Crippen MR) is 97.4 cm³/mol. The lowest BCUT2D eigenvalue weighted by Gasteiger charge is -2.42. The van der Waals surface area contributed by atoms with E-state index in [0.717, 1.165) is 18.6 Å². The van der Waals surface area contributed by atoms with Crippen molar-refractivity contribution in [2.24, 2.45) is 0 Å². The molecule has 0 unspecified atom stereocenters. The Balaban J connectivity index is 1.75. The Morgan fingerprint density at radius 2 is 2.20 bits per heavy atom. The molecular weight excluding hydrogens is 318 g/mol. The van der Waals surface area contributed by atoms with Gasteiger partial charge in [0.15, 0.2) is 0 Å². The number of ether oxygens (including phenoxy) is 2. The fourth-order valence-corrected chi connectivity index (χ4v) is 3.50. The third-order valence-electron chi connectivity index (χ3n) is 4.78. The van der Waals surface area contributed by atoms with Crippen molar-refractivity contribution in [3.63, 3.8) is 0 Å². The third-order valence-corrected chi connectivity index (χ3v) is 4.78. The quantitative estimate of drug-likeness (QED) is 0.868. The summed E-state index contributed by atoms with van der Waals surface area (Å²) in [4.78, 5) is 19.5. The Morgan fingerprint density at radius 3 is 2.96 bits per heavy atom. The average Bonchev–Trinajstić information content (AvgIpc) is 2.98. The second kappa shape index (κ2) is 7.56. The maximum atomic E-state index is 12.3. The van der Waals surface area contributed by atoms with Crippen molar-refractivity contribution in [2.75, 3.05) is 47.5 Å². The van der Waals surface area contributed by atoms with Gasteiger partial charge in [-0.3, -0.25) is 9.69 Å². The molecule has 0 spiro atoms. The zero-order valence-corrected chi connectivity index (χ0v) is 15.2. The van der Waals surface area contributed by atoms with Gasteiger partial charge in [-0.1, -0.05) is 18.2 Å². The summed E-state index contributed by atoms with van der Waals surface area (Å²) >= 11 is 0. The molecule has 3 rings (SSSR count). The van der Waals surface area contributed by atoms with Gasteiger partial charge in [0.1, 0.15) is 5.60 Å². The maximum Gasteiger partial charge on any atom is 0.225 e. The van der Waals surface area contributed by atoms with E-state index in [1.807, 2.05) is 6.07 Å². The molecule has 136 valence electrons. The average molecular weight is 345 g/mol. The van der Waals surface area contributed by atoms with Gasteiger partial charge in [-0.05, 0) is 11.6 Å². The van der Waals surface area contributed by atoms with E-state index < -0.39 is 5.60 Å². The lowest BCUT2D eigenvalue weighted by atomic mass is 9.96. The number of hydrogen-bond donors (Lipinski definition) is 1. The summed E-state index contributed by atoms with van der Waals surface area (Å²) in [6.45, 7) is 3.37. The fourth-order valence-electron chi connectivity index (χ4n) is 3.50. The van der Waals surface area contributed by atoms with E-state index in [4.69, 9.17) is 9.47 Å². The van der Waals surface area contributed by atoms with Crippen LogP contribution >= 0.6 is 0 Å². The molecule has 1 aliphatic rings. The van der Waals surface area contributed by atoms with E-state index in [1.54, 1.807) is 26.1 Å². The smallest absolute Gasteiger partial charge is 0.225 e. The number of nitrogens with zero attached hydrogens (tertiary/aromatic N) is 2. The monoisotopic (exact) mass is 345 g/mol. The predicted octanol–water partition coefficient (Wildman–Crippen LogP) is 1.86. The molecule has 1 N–H and O–H groups in total. The molecule has 0 bridgehead atoms. The van der Waals surface area contributed by atoms with Crippen LogP contribution in [0.2, 0.25) is 0 Å². The summed E-state index contributed by atoms with van der Waals surface area (Å²) in [5.74, 6) is 0.0611. The lowest BCUT2D eigenvalue weighted by Crippen LogP contribution is -2.55. The zero-order valence-electron chi connectivity index (χ0n) is 15.2. The molecule has 1 amide bonds. The van der Waals surface area contributed by atoms with Gasteiger partial charge in [-0.2, -0.15) is 0 Å². The van der Waals surface area contributed by atoms with Gasteiger partial charge >= 0.3 is 0 Å². The molecule has 0 saturated carbocycles. The number of morpholine rings is 1. The highest BCUT2D eigenvalue weighted by Gasteiger charge is 2.39. The molecule has 6 heteroatoms. The van der Waals surface area contributed by atoms with Crippen molar-refractivity contribution in [3.8, 4) is 0 Å². The minimum absolute atomic E-state index is 0.0611. The Labute approximate surface area is 148 Å². The lowest BCUT2D eigenvalue weighted by molar-refractivity contribution is -0.160. The molecule has 0 aliphatic carbocycles. The van der Waals surface area contributed by atoms with E-state index in [2.05, 4.69) is 34.3 Å².